The summed E-state index contributed by atoms with van der Waals surface area (Å²) in [6.07, 6.45) is 1.85. The molecule has 0 unspecified atom stereocenters. The molecule has 1 N–H and O–H groups in total. The molecule has 0 radical (unpaired) electrons. The molecule has 12 heavy (non-hydrogen) atoms. The SMILES string of the molecule is C=C1NC(=O)[C]([Re])=CN1C(C)C. The van der Waals surface area contributed by atoms with Gasteiger partial charge in [0.1, 0.15) is 0 Å². The quantitative estimate of drug-likeness (QED) is 0.763. The van der Waals surface area contributed by atoms with Crippen molar-refractivity contribution < 1.29 is 24.0 Å². The molecule has 0 saturated carbocycles. The van der Waals surface area contributed by atoms with Crippen molar-refractivity contribution in [3.8, 4) is 0 Å². The van der Waals surface area contributed by atoms with E-state index in [0.717, 1.165) is 4.05 Å². The van der Waals surface area contributed by atoms with Crippen molar-refractivity contribution in [2.24, 2.45) is 0 Å². The minimum atomic E-state index is -0.0337. The van der Waals surface area contributed by atoms with E-state index in [4.69, 9.17) is 0 Å². The molecule has 1 heterocycles. The van der Waals surface area contributed by atoms with Crippen LogP contribution in [0.2, 0.25) is 0 Å². The Kier molecular flexibility index (Phi) is 2.71. The molecule has 0 aliphatic carbocycles. The van der Waals surface area contributed by atoms with Gasteiger partial charge in [-0.2, -0.15) is 0 Å². The van der Waals surface area contributed by atoms with Gasteiger partial charge >= 0.3 is 82.7 Å². The second kappa shape index (κ2) is 3.42. The molecule has 0 fully saturated rings. The van der Waals surface area contributed by atoms with Gasteiger partial charge in [-0.05, 0) is 0 Å². The van der Waals surface area contributed by atoms with Crippen LogP contribution in [-0.2, 0) is 24.0 Å². The first kappa shape index (κ1) is 9.50. The van der Waals surface area contributed by atoms with Gasteiger partial charge in [0.05, 0.1) is 0 Å². The summed E-state index contributed by atoms with van der Waals surface area (Å²) in [7, 11) is 0. The second-order valence-electron chi connectivity index (χ2n) is 2.88. The van der Waals surface area contributed by atoms with Gasteiger partial charge in [-0.25, -0.2) is 0 Å². The third-order valence-corrected chi connectivity index (χ3v) is 2.56. The molecule has 4 heteroatoms. The standard InChI is InChI=1S/C8H11N2O.Re/c1-6(2)10-5-4-8(11)9-7(10)3;/h5-6H,3H2,1-2H3,(H,9,11);. The molecule has 0 saturated heterocycles. The van der Waals surface area contributed by atoms with Crippen LogP contribution in [0.4, 0.5) is 0 Å². The van der Waals surface area contributed by atoms with Gasteiger partial charge in [0.2, 0.25) is 0 Å². The number of carbonyl (C=O) groups is 1. The van der Waals surface area contributed by atoms with Crippen molar-refractivity contribution in [3.63, 3.8) is 0 Å². The summed E-state index contributed by atoms with van der Waals surface area (Å²) in [5.41, 5.74) is 0. The normalized spacial score (nSPS) is 18.0. The Morgan fingerprint density at radius 3 is 2.75 bits per heavy atom. The number of amides is 1. The van der Waals surface area contributed by atoms with Gasteiger partial charge in [-0.15, -0.1) is 0 Å². The zero-order chi connectivity index (χ0) is 9.30. The Morgan fingerprint density at radius 1 is 1.67 bits per heavy atom. The molecular formula is C8H11N2ORe. The molecule has 0 atom stereocenters. The Balaban J connectivity index is 2.90. The number of nitrogens with zero attached hydrogens (tertiary/aromatic N) is 1. The number of rotatable bonds is 1. The molecular weight excluding hydrogens is 326 g/mol. The van der Waals surface area contributed by atoms with Gasteiger partial charge in [0.15, 0.2) is 0 Å². The van der Waals surface area contributed by atoms with E-state index in [9.17, 15) is 4.79 Å². The van der Waals surface area contributed by atoms with Gasteiger partial charge < -0.3 is 0 Å². The summed E-state index contributed by atoms with van der Waals surface area (Å²) in [6.45, 7) is 7.87. The molecule has 0 spiro atoms. The van der Waals surface area contributed by atoms with Crippen molar-refractivity contribution in [1.82, 2.24) is 10.2 Å². The van der Waals surface area contributed by atoms with E-state index < -0.39 is 0 Å². The first-order chi connectivity index (χ1) is 5.52. The molecule has 1 rings (SSSR count). The summed E-state index contributed by atoms with van der Waals surface area (Å²) >= 11 is 1.38. The number of hydrogen-bond acceptors (Lipinski definition) is 2. The van der Waals surface area contributed by atoms with E-state index in [2.05, 4.69) is 25.7 Å². The van der Waals surface area contributed by atoms with Crippen LogP contribution in [0.25, 0.3) is 0 Å². The Hall–Kier alpha value is -0.588. The summed E-state index contributed by atoms with van der Waals surface area (Å²) in [6, 6.07) is 0.336. The Labute approximate surface area is 82.9 Å². The van der Waals surface area contributed by atoms with E-state index in [1.165, 1.54) is 19.2 Å². The summed E-state index contributed by atoms with van der Waals surface area (Å²) < 4.78 is 0.774. The summed E-state index contributed by atoms with van der Waals surface area (Å²) in [4.78, 5) is 13.1. The van der Waals surface area contributed by atoms with E-state index in [1.807, 2.05) is 11.1 Å². The third kappa shape index (κ3) is 1.77. The Bertz CT molecular complexity index is 258. The van der Waals surface area contributed by atoms with Crippen molar-refractivity contribution in [2.45, 2.75) is 19.9 Å². The zero-order valence-electron chi connectivity index (χ0n) is 7.10. The fourth-order valence-corrected chi connectivity index (χ4v) is 1.52. The molecule has 0 bridgehead atoms. The van der Waals surface area contributed by atoms with E-state index in [-0.39, 0.29) is 5.91 Å². The number of carbonyl (C=O) groups excluding carboxylic acids is 1. The van der Waals surface area contributed by atoms with Gasteiger partial charge in [-0.3, -0.25) is 0 Å². The monoisotopic (exact) mass is 338 g/mol. The Morgan fingerprint density at radius 2 is 2.25 bits per heavy atom. The minimum absolute atomic E-state index is 0.0337. The second-order valence-corrected chi connectivity index (χ2v) is 4.34. The van der Waals surface area contributed by atoms with Crippen LogP contribution >= 0.6 is 0 Å². The maximum absolute atomic E-state index is 11.1. The third-order valence-electron chi connectivity index (χ3n) is 1.60. The first-order valence-corrected chi connectivity index (χ1v) is 5.04. The van der Waals surface area contributed by atoms with Crippen LogP contribution in [-0.4, -0.2) is 16.8 Å². The molecule has 66 valence electrons. The maximum atomic E-state index is 11.1. The average Bonchev–Trinajstić information content (AvgIpc) is 1.96. The van der Waals surface area contributed by atoms with E-state index in [0.29, 0.717) is 11.9 Å². The summed E-state index contributed by atoms with van der Waals surface area (Å²) in [5.74, 6) is 0.628. The van der Waals surface area contributed by atoms with Crippen molar-refractivity contribution in [2.75, 3.05) is 0 Å². The van der Waals surface area contributed by atoms with Crippen molar-refractivity contribution >= 4 is 5.91 Å². The van der Waals surface area contributed by atoms with Gasteiger partial charge in [0.25, 0.3) is 0 Å². The van der Waals surface area contributed by atoms with Crippen LogP contribution in [0.5, 0.6) is 0 Å². The molecule has 0 aromatic carbocycles. The fourth-order valence-electron chi connectivity index (χ4n) is 0.975. The summed E-state index contributed by atoms with van der Waals surface area (Å²) in [5, 5.41) is 2.70. The molecule has 1 amide bonds. The molecule has 3 nitrogen and oxygen atoms in total. The predicted octanol–water partition coefficient (Wildman–Crippen LogP) is 0.686. The average molecular weight is 337 g/mol. The van der Waals surface area contributed by atoms with Crippen LogP contribution in [0, 0.1) is 0 Å². The van der Waals surface area contributed by atoms with Crippen LogP contribution in [0.3, 0.4) is 0 Å². The molecule has 1 aliphatic heterocycles. The van der Waals surface area contributed by atoms with E-state index in [1.54, 1.807) is 0 Å². The van der Waals surface area contributed by atoms with Gasteiger partial charge in [-0.1, -0.05) is 0 Å². The first-order valence-electron chi connectivity index (χ1n) is 3.68. The molecule has 0 aromatic heterocycles. The van der Waals surface area contributed by atoms with E-state index >= 15 is 0 Å². The molecule has 0 aromatic rings. The van der Waals surface area contributed by atoms with Crippen LogP contribution in [0.1, 0.15) is 13.8 Å². The number of nitrogens with one attached hydrogen (secondary N) is 1. The predicted molar refractivity (Wildman–Crippen MR) is 42.3 cm³/mol. The molecule has 1 aliphatic rings. The zero-order valence-corrected chi connectivity index (χ0v) is 9.81. The van der Waals surface area contributed by atoms with Crippen LogP contribution < -0.4 is 5.32 Å². The van der Waals surface area contributed by atoms with Crippen molar-refractivity contribution in [1.29, 1.82) is 0 Å². The topological polar surface area (TPSA) is 32.3 Å². The van der Waals surface area contributed by atoms with Crippen LogP contribution in [0.15, 0.2) is 22.6 Å². The van der Waals surface area contributed by atoms with Gasteiger partial charge in [0, 0.05) is 0 Å². The van der Waals surface area contributed by atoms with Crippen molar-refractivity contribution in [3.05, 3.63) is 22.6 Å². The fraction of sp³-hybridized carbons (Fsp3) is 0.375. The number of hydrogen-bond donors (Lipinski definition) is 1.